The number of ether oxygens (including phenoxy) is 3. The highest BCUT2D eigenvalue weighted by Crippen LogP contribution is 2.42. The Kier molecular flexibility index (Phi) is 4.83. The molecule has 5 heteroatoms. The maximum absolute atomic E-state index is 13.2. The lowest BCUT2D eigenvalue weighted by Gasteiger charge is -2.28. The monoisotopic (exact) mass is 341 g/mol. The first kappa shape index (κ1) is 17.1. The maximum Gasteiger partial charge on any atom is 0.178 e. The molecular formula is C20H23NO4. The summed E-state index contributed by atoms with van der Waals surface area (Å²) in [4.78, 5) is 13.2. The van der Waals surface area contributed by atoms with Crippen LogP contribution in [-0.2, 0) is 0 Å². The van der Waals surface area contributed by atoms with Crippen LogP contribution < -0.4 is 19.5 Å². The van der Waals surface area contributed by atoms with Crippen LogP contribution in [0.25, 0.3) is 0 Å². The van der Waals surface area contributed by atoms with Crippen molar-refractivity contribution in [3.63, 3.8) is 0 Å². The zero-order valence-electron chi connectivity index (χ0n) is 15.0. The molecule has 0 radical (unpaired) electrons. The lowest BCUT2D eigenvalue weighted by Crippen LogP contribution is -2.29. The van der Waals surface area contributed by atoms with Crippen LogP contribution in [0.4, 0.5) is 5.69 Å². The van der Waals surface area contributed by atoms with Gasteiger partial charge in [0.25, 0.3) is 0 Å². The Bertz CT molecular complexity index is 768. The van der Waals surface area contributed by atoms with E-state index in [0.29, 0.717) is 29.3 Å². The first-order valence-corrected chi connectivity index (χ1v) is 8.34. The number of fused-ring (bicyclic) bond motifs is 1. The molecule has 5 nitrogen and oxygen atoms in total. The average Bonchev–Trinajstić information content (AvgIpc) is 2.62. The number of rotatable bonds is 5. The Morgan fingerprint density at radius 1 is 1.00 bits per heavy atom. The second kappa shape index (κ2) is 7.05. The second-order valence-electron chi connectivity index (χ2n) is 6.25. The molecule has 132 valence electrons. The number of carbonyl (C=O) groups excluding carboxylic acids is 1. The van der Waals surface area contributed by atoms with Crippen LogP contribution in [0.3, 0.4) is 0 Å². The quantitative estimate of drug-likeness (QED) is 0.894. The molecule has 0 aliphatic carbocycles. The zero-order valence-corrected chi connectivity index (χ0v) is 15.0. The minimum absolute atomic E-state index is 0.0220. The Labute approximate surface area is 147 Å². The van der Waals surface area contributed by atoms with Crippen LogP contribution in [-0.4, -0.2) is 32.7 Å². The number of Topliss-reactive ketones (excluding diaryl/α,β-unsaturated/α-hetero) is 1. The number of hydrogen-bond acceptors (Lipinski definition) is 5. The van der Waals surface area contributed by atoms with E-state index in [9.17, 15) is 4.79 Å². The first-order chi connectivity index (χ1) is 12.0. The van der Waals surface area contributed by atoms with Gasteiger partial charge in [-0.15, -0.1) is 0 Å². The average molecular weight is 341 g/mol. The molecule has 1 atom stereocenters. The van der Waals surface area contributed by atoms with Crippen molar-refractivity contribution in [2.45, 2.75) is 25.9 Å². The van der Waals surface area contributed by atoms with Crippen molar-refractivity contribution in [1.29, 1.82) is 0 Å². The van der Waals surface area contributed by atoms with Crippen molar-refractivity contribution < 1.29 is 19.0 Å². The fourth-order valence-corrected chi connectivity index (χ4v) is 3.08. The molecule has 0 bridgehead atoms. The molecule has 2 aromatic rings. The highest BCUT2D eigenvalue weighted by molar-refractivity contribution is 6.10. The molecule has 0 aromatic heterocycles. The SMILES string of the molecule is COc1ccc(C2CNc3c(OC(C)C)ccc(OC)c3C2=O)cc1. The summed E-state index contributed by atoms with van der Waals surface area (Å²) in [6.45, 7) is 4.43. The van der Waals surface area contributed by atoms with Crippen LogP contribution in [0.15, 0.2) is 36.4 Å². The first-order valence-electron chi connectivity index (χ1n) is 8.34. The molecule has 0 saturated carbocycles. The Balaban J connectivity index is 2.00. The number of ketones is 1. The highest BCUT2D eigenvalue weighted by atomic mass is 16.5. The molecule has 0 spiro atoms. The van der Waals surface area contributed by atoms with Crippen LogP contribution in [0.5, 0.6) is 17.2 Å². The highest BCUT2D eigenvalue weighted by Gasteiger charge is 2.33. The summed E-state index contributed by atoms with van der Waals surface area (Å²) in [5, 5.41) is 3.36. The van der Waals surface area contributed by atoms with E-state index in [4.69, 9.17) is 14.2 Å². The fraction of sp³-hybridized carbons (Fsp3) is 0.350. The summed E-state index contributed by atoms with van der Waals surface area (Å²) in [7, 11) is 3.20. The molecular weight excluding hydrogens is 318 g/mol. The molecule has 1 heterocycles. The third-order valence-corrected chi connectivity index (χ3v) is 4.28. The van der Waals surface area contributed by atoms with Crippen LogP contribution >= 0.6 is 0 Å². The fourth-order valence-electron chi connectivity index (χ4n) is 3.08. The maximum atomic E-state index is 13.2. The van der Waals surface area contributed by atoms with Gasteiger partial charge in [-0.1, -0.05) is 12.1 Å². The van der Waals surface area contributed by atoms with Crippen molar-refractivity contribution in [1.82, 2.24) is 0 Å². The minimum atomic E-state index is -0.276. The Morgan fingerprint density at radius 2 is 1.68 bits per heavy atom. The van der Waals surface area contributed by atoms with Gasteiger partial charge >= 0.3 is 0 Å². The molecule has 0 amide bonds. The molecule has 1 N–H and O–H groups in total. The number of hydrogen-bond donors (Lipinski definition) is 1. The second-order valence-corrected chi connectivity index (χ2v) is 6.25. The smallest absolute Gasteiger partial charge is 0.178 e. The van der Waals surface area contributed by atoms with Gasteiger partial charge in [0.15, 0.2) is 5.78 Å². The Hall–Kier alpha value is -2.69. The van der Waals surface area contributed by atoms with E-state index in [-0.39, 0.29) is 17.8 Å². The van der Waals surface area contributed by atoms with E-state index in [0.717, 1.165) is 11.3 Å². The van der Waals surface area contributed by atoms with E-state index in [1.54, 1.807) is 20.3 Å². The zero-order chi connectivity index (χ0) is 18.0. The molecule has 0 fully saturated rings. The lowest BCUT2D eigenvalue weighted by molar-refractivity contribution is 0.0956. The van der Waals surface area contributed by atoms with Gasteiger partial charge in [0, 0.05) is 6.54 Å². The van der Waals surface area contributed by atoms with Crippen molar-refractivity contribution >= 4 is 11.5 Å². The predicted octanol–water partition coefficient (Wildman–Crippen LogP) is 3.88. The van der Waals surface area contributed by atoms with E-state index in [2.05, 4.69) is 5.32 Å². The van der Waals surface area contributed by atoms with E-state index >= 15 is 0 Å². The van der Waals surface area contributed by atoms with Gasteiger partial charge in [0.1, 0.15) is 17.2 Å². The van der Waals surface area contributed by atoms with Gasteiger partial charge in [-0.3, -0.25) is 4.79 Å². The summed E-state index contributed by atoms with van der Waals surface area (Å²) >= 11 is 0. The largest absolute Gasteiger partial charge is 0.497 e. The van der Waals surface area contributed by atoms with Gasteiger partial charge in [0.2, 0.25) is 0 Å². The summed E-state index contributed by atoms with van der Waals surface area (Å²) < 4.78 is 16.5. The van der Waals surface area contributed by atoms with Crippen molar-refractivity contribution in [3.8, 4) is 17.2 Å². The van der Waals surface area contributed by atoms with Gasteiger partial charge in [-0.2, -0.15) is 0 Å². The van der Waals surface area contributed by atoms with Crippen LogP contribution in [0, 0.1) is 0 Å². The number of carbonyl (C=O) groups is 1. The normalized spacial score (nSPS) is 16.2. The topological polar surface area (TPSA) is 56.8 Å². The van der Waals surface area contributed by atoms with Gasteiger partial charge in [0.05, 0.1) is 37.5 Å². The van der Waals surface area contributed by atoms with Crippen molar-refractivity contribution in [2.24, 2.45) is 0 Å². The van der Waals surface area contributed by atoms with Crippen LogP contribution in [0.1, 0.15) is 35.7 Å². The summed E-state index contributed by atoms with van der Waals surface area (Å²) in [5.74, 6) is 1.76. The number of nitrogens with one attached hydrogen (secondary N) is 1. The van der Waals surface area contributed by atoms with Crippen molar-refractivity contribution in [2.75, 3.05) is 26.1 Å². The predicted molar refractivity (Wildman–Crippen MR) is 97.3 cm³/mol. The standard InChI is InChI=1S/C20H23NO4/c1-12(2)25-17-10-9-16(24-4)18-19(17)21-11-15(20(18)22)13-5-7-14(23-3)8-6-13/h5-10,12,15,21H,11H2,1-4H3. The van der Waals surface area contributed by atoms with Gasteiger partial charge in [-0.25, -0.2) is 0 Å². The van der Waals surface area contributed by atoms with Gasteiger partial charge < -0.3 is 19.5 Å². The molecule has 0 saturated heterocycles. The van der Waals surface area contributed by atoms with Crippen molar-refractivity contribution in [3.05, 3.63) is 47.5 Å². The minimum Gasteiger partial charge on any atom is -0.497 e. The Morgan fingerprint density at radius 3 is 2.28 bits per heavy atom. The summed E-state index contributed by atoms with van der Waals surface area (Å²) in [5.41, 5.74) is 2.21. The number of methoxy groups -OCH3 is 2. The third-order valence-electron chi connectivity index (χ3n) is 4.28. The molecule has 1 aliphatic heterocycles. The summed E-state index contributed by atoms with van der Waals surface area (Å²) in [6.07, 6.45) is 0.0220. The third kappa shape index (κ3) is 3.27. The van der Waals surface area contributed by atoms with Crippen LogP contribution in [0.2, 0.25) is 0 Å². The molecule has 1 aliphatic rings. The lowest BCUT2D eigenvalue weighted by atomic mass is 9.86. The molecule has 2 aromatic carbocycles. The van der Waals surface area contributed by atoms with Gasteiger partial charge in [-0.05, 0) is 43.7 Å². The van der Waals surface area contributed by atoms with E-state index < -0.39 is 0 Å². The molecule has 25 heavy (non-hydrogen) atoms. The number of benzene rings is 2. The molecule has 1 unspecified atom stereocenters. The van der Waals surface area contributed by atoms with E-state index in [1.807, 2.05) is 44.2 Å². The summed E-state index contributed by atoms with van der Waals surface area (Å²) in [6, 6.07) is 11.2. The van der Waals surface area contributed by atoms with E-state index in [1.165, 1.54) is 0 Å². The molecule has 3 rings (SSSR count). The number of anilines is 1.